The minimum Gasteiger partial charge on any atom is -0.306 e. The van der Waals surface area contributed by atoms with E-state index in [0.29, 0.717) is 0 Å². The number of nitrogens with one attached hydrogen (secondary N) is 1. The molecule has 1 N–H and O–H groups in total. The lowest BCUT2D eigenvalue weighted by atomic mass is 9.97. The fourth-order valence-electron chi connectivity index (χ4n) is 2.49. The topological polar surface area (TPSA) is 12.0 Å². The van der Waals surface area contributed by atoms with Gasteiger partial charge in [0.25, 0.3) is 0 Å². The molecule has 0 heterocycles. The first-order valence-electron chi connectivity index (χ1n) is 7.77. The fourth-order valence-corrected chi connectivity index (χ4v) is 3.15. The van der Waals surface area contributed by atoms with Gasteiger partial charge in [-0.3, -0.25) is 0 Å². The molecule has 112 valence electrons. The first-order chi connectivity index (χ1) is 10.2. The molecular formula is C19H25NS. The molecule has 1 unspecified atom stereocenters. The van der Waals surface area contributed by atoms with Crippen LogP contribution < -0.4 is 5.32 Å². The molecular weight excluding hydrogens is 274 g/mol. The summed E-state index contributed by atoms with van der Waals surface area (Å²) in [7, 11) is 0. The van der Waals surface area contributed by atoms with Crippen LogP contribution in [0.4, 0.5) is 0 Å². The van der Waals surface area contributed by atoms with Crippen molar-refractivity contribution in [1.82, 2.24) is 5.32 Å². The van der Waals surface area contributed by atoms with Crippen LogP contribution in [0.3, 0.4) is 0 Å². The highest BCUT2D eigenvalue weighted by molar-refractivity contribution is 7.99. The molecule has 0 bridgehead atoms. The van der Waals surface area contributed by atoms with E-state index in [2.05, 4.69) is 74.6 Å². The van der Waals surface area contributed by atoms with Crippen LogP contribution >= 0.6 is 11.8 Å². The Morgan fingerprint density at radius 1 is 1.00 bits per heavy atom. The van der Waals surface area contributed by atoms with Crippen molar-refractivity contribution in [2.45, 2.75) is 38.1 Å². The SMILES string of the molecule is CCCNC(c1ccc(SCC)cc1)c1cccc(C)c1. The van der Waals surface area contributed by atoms with Gasteiger partial charge in [-0.25, -0.2) is 0 Å². The number of hydrogen-bond donors (Lipinski definition) is 1. The van der Waals surface area contributed by atoms with E-state index in [4.69, 9.17) is 0 Å². The molecule has 0 radical (unpaired) electrons. The Morgan fingerprint density at radius 2 is 1.76 bits per heavy atom. The van der Waals surface area contributed by atoms with Crippen LogP contribution in [-0.4, -0.2) is 12.3 Å². The van der Waals surface area contributed by atoms with Crippen LogP contribution in [0, 0.1) is 6.92 Å². The van der Waals surface area contributed by atoms with E-state index >= 15 is 0 Å². The van der Waals surface area contributed by atoms with E-state index < -0.39 is 0 Å². The molecule has 1 atom stereocenters. The van der Waals surface area contributed by atoms with Crippen LogP contribution in [0.15, 0.2) is 53.4 Å². The van der Waals surface area contributed by atoms with Gasteiger partial charge < -0.3 is 5.32 Å². The van der Waals surface area contributed by atoms with Gasteiger partial charge >= 0.3 is 0 Å². The van der Waals surface area contributed by atoms with E-state index in [1.807, 2.05) is 11.8 Å². The molecule has 0 aliphatic heterocycles. The molecule has 2 heteroatoms. The molecule has 0 aliphatic rings. The minimum atomic E-state index is 0.283. The Bertz CT molecular complexity index is 548. The van der Waals surface area contributed by atoms with Crippen LogP contribution in [0.5, 0.6) is 0 Å². The Balaban J connectivity index is 2.26. The van der Waals surface area contributed by atoms with Crippen LogP contribution in [0.2, 0.25) is 0 Å². The third-order valence-corrected chi connectivity index (χ3v) is 4.39. The Labute approximate surface area is 133 Å². The summed E-state index contributed by atoms with van der Waals surface area (Å²) in [5, 5.41) is 3.67. The van der Waals surface area contributed by atoms with Crippen LogP contribution in [0.25, 0.3) is 0 Å². The molecule has 21 heavy (non-hydrogen) atoms. The summed E-state index contributed by atoms with van der Waals surface area (Å²) in [5.41, 5.74) is 4.00. The summed E-state index contributed by atoms with van der Waals surface area (Å²) in [6.07, 6.45) is 1.14. The van der Waals surface area contributed by atoms with Gasteiger partial charge in [0.15, 0.2) is 0 Å². The Morgan fingerprint density at radius 3 is 2.38 bits per heavy atom. The molecule has 2 aromatic rings. The number of benzene rings is 2. The van der Waals surface area contributed by atoms with Gasteiger partial charge in [0.1, 0.15) is 0 Å². The molecule has 1 nitrogen and oxygen atoms in total. The van der Waals surface area contributed by atoms with E-state index in [1.165, 1.54) is 21.6 Å². The molecule has 0 spiro atoms. The predicted molar refractivity (Wildman–Crippen MR) is 94.2 cm³/mol. The second-order valence-electron chi connectivity index (χ2n) is 5.30. The zero-order chi connectivity index (χ0) is 15.1. The zero-order valence-electron chi connectivity index (χ0n) is 13.2. The van der Waals surface area contributed by atoms with Crippen LogP contribution in [-0.2, 0) is 0 Å². The summed E-state index contributed by atoms with van der Waals surface area (Å²) in [5.74, 6) is 1.12. The highest BCUT2D eigenvalue weighted by Crippen LogP contribution is 2.25. The lowest BCUT2D eigenvalue weighted by molar-refractivity contribution is 0.598. The third-order valence-electron chi connectivity index (χ3n) is 3.50. The molecule has 2 rings (SSSR count). The van der Waals surface area contributed by atoms with Gasteiger partial charge in [0.05, 0.1) is 6.04 Å². The van der Waals surface area contributed by atoms with Gasteiger partial charge in [0, 0.05) is 4.90 Å². The second kappa shape index (κ2) is 8.26. The van der Waals surface area contributed by atoms with Crippen LogP contribution in [0.1, 0.15) is 43.0 Å². The summed E-state index contributed by atoms with van der Waals surface area (Å²) in [6, 6.07) is 18.1. The van der Waals surface area contributed by atoms with E-state index in [0.717, 1.165) is 18.7 Å². The largest absolute Gasteiger partial charge is 0.306 e. The van der Waals surface area contributed by atoms with Gasteiger partial charge in [-0.1, -0.05) is 55.8 Å². The van der Waals surface area contributed by atoms with Crippen molar-refractivity contribution in [2.75, 3.05) is 12.3 Å². The lowest BCUT2D eigenvalue weighted by Crippen LogP contribution is -2.23. The van der Waals surface area contributed by atoms with Gasteiger partial charge in [-0.15, -0.1) is 11.8 Å². The third kappa shape index (κ3) is 4.62. The number of hydrogen-bond acceptors (Lipinski definition) is 2. The maximum Gasteiger partial charge on any atom is 0.0576 e. The monoisotopic (exact) mass is 299 g/mol. The highest BCUT2D eigenvalue weighted by Gasteiger charge is 2.13. The predicted octanol–water partition coefficient (Wildman–Crippen LogP) is 5.20. The quantitative estimate of drug-likeness (QED) is 0.706. The summed E-state index contributed by atoms with van der Waals surface area (Å²) in [4.78, 5) is 1.35. The van der Waals surface area contributed by atoms with Gasteiger partial charge in [-0.05, 0) is 48.9 Å². The van der Waals surface area contributed by atoms with Crippen molar-refractivity contribution in [3.63, 3.8) is 0 Å². The first kappa shape index (κ1) is 16.1. The Kier molecular flexibility index (Phi) is 6.34. The van der Waals surface area contributed by atoms with Gasteiger partial charge in [-0.2, -0.15) is 0 Å². The molecule has 0 saturated heterocycles. The summed E-state index contributed by atoms with van der Waals surface area (Å²) >= 11 is 1.89. The number of rotatable bonds is 7. The summed E-state index contributed by atoms with van der Waals surface area (Å²) in [6.45, 7) is 7.59. The first-order valence-corrected chi connectivity index (χ1v) is 8.75. The maximum absolute atomic E-state index is 3.67. The molecule has 0 saturated carbocycles. The average molecular weight is 299 g/mol. The van der Waals surface area contributed by atoms with E-state index in [9.17, 15) is 0 Å². The van der Waals surface area contributed by atoms with E-state index in [-0.39, 0.29) is 6.04 Å². The van der Waals surface area contributed by atoms with Crippen molar-refractivity contribution in [1.29, 1.82) is 0 Å². The Hall–Kier alpha value is -1.25. The minimum absolute atomic E-state index is 0.283. The molecule has 0 fully saturated rings. The second-order valence-corrected chi connectivity index (χ2v) is 6.64. The highest BCUT2D eigenvalue weighted by atomic mass is 32.2. The standard InChI is InChI=1S/C19H25NS/c1-4-13-20-19(17-8-6-7-15(3)14-17)16-9-11-18(12-10-16)21-5-2/h6-12,14,19-20H,4-5,13H2,1-3H3. The van der Waals surface area contributed by atoms with Crippen molar-refractivity contribution in [3.05, 3.63) is 65.2 Å². The zero-order valence-corrected chi connectivity index (χ0v) is 14.0. The average Bonchev–Trinajstić information content (AvgIpc) is 2.50. The van der Waals surface area contributed by atoms with Crippen molar-refractivity contribution < 1.29 is 0 Å². The number of aryl methyl sites for hydroxylation is 1. The smallest absolute Gasteiger partial charge is 0.0576 e. The molecule has 0 aromatic heterocycles. The van der Waals surface area contributed by atoms with Crippen molar-refractivity contribution in [2.24, 2.45) is 0 Å². The maximum atomic E-state index is 3.67. The summed E-state index contributed by atoms with van der Waals surface area (Å²) < 4.78 is 0. The number of thioether (sulfide) groups is 1. The molecule has 0 amide bonds. The normalized spacial score (nSPS) is 12.3. The van der Waals surface area contributed by atoms with Crippen molar-refractivity contribution in [3.8, 4) is 0 Å². The van der Waals surface area contributed by atoms with Gasteiger partial charge in [0.2, 0.25) is 0 Å². The van der Waals surface area contributed by atoms with Crippen molar-refractivity contribution >= 4 is 11.8 Å². The lowest BCUT2D eigenvalue weighted by Gasteiger charge is -2.20. The molecule has 2 aromatic carbocycles. The van der Waals surface area contributed by atoms with E-state index in [1.54, 1.807) is 0 Å². The molecule has 0 aliphatic carbocycles. The fraction of sp³-hybridized carbons (Fsp3) is 0.368.